The molecule has 3 aromatic rings. The molecule has 1 fully saturated rings. The summed E-state index contributed by atoms with van der Waals surface area (Å²) in [5, 5.41) is 10.3. The molecule has 0 aliphatic carbocycles. The SMILES string of the molecule is CCC(C)=C(C=C1COCCN1C)Nc1cc(-c2ccc(F)c(NC(=O)c3cnc(C(C)(C)C)cn3)c2)nn(C)c1=O. The van der Waals surface area contributed by atoms with Gasteiger partial charge in [0, 0.05) is 49.2 Å². The summed E-state index contributed by atoms with van der Waals surface area (Å²) in [7, 11) is 3.57. The van der Waals surface area contributed by atoms with Crippen molar-refractivity contribution in [3.05, 3.63) is 87.3 Å². The van der Waals surface area contributed by atoms with Crippen molar-refractivity contribution in [1.82, 2.24) is 24.6 Å². The van der Waals surface area contributed by atoms with Crippen molar-refractivity contribution in [2.75, 3.05) is 37.4 Å². The van der Waals surface area contributed by atoms with Gasteiger partial charge in [0.05, 0.1) is 36.5 Å². The number of amides is 1. The van der Waals surface area contributed by atoms with Gasteiger partial charge in [-0.1, -0.05) is 33.3 Å². The second kappa shape index (κ2) is 12.6. The fourth-order valence-electron chi connectivity index (χ4n) is 4.19. The van der Waals surface area contributed by atoms with Crippen molar-refractivity contribution in [2.45, 2.75) is 46.5 Å². The molecule has 10 nitrogen and oxygen atoms in total. The number of aryl methyl sites for hydroxylation is 1. The van der Waals surface area contributed by atoms with Crippen LogP contribution in [0.25, 0.3) is 11.3 Å². The first-order valence-corrected chi connectivity index (χ1v) is 13.9. The predicted octanol–water partition coefficient (Wildman–Crippen LogP) is 4.87. The maximum Gasteiger partial charge on any atom is 0.290 e. The van der Waals surface area contributed by atoms with E-state index in [-0.39, 0.29) is 22.4 Å². The van der Waals surface area contributed by atoms with Crippen molar-refractivity contribution in [2.24, 2.45) is 7.05 Å². The molecule has 1 aliphatic rings. The summed E-state index contributed by atoms with van der Waals surface area (Å²) >= 11 is 0. The Kier molecular flexibility index (Phi) is 9.20. The highest BCUT2D eigenvalue weighted by atomic mass is 19.1. The molecule has 2 N–H and O–H groups in total. The number of morpholine rings is 1. The molecule has 1 aromatic carbocycles. The Morgan fingerprint density at radius 1 is 1.12 bits per heavy atom. The minimum absolute atomic E-state index is 0.0446. The topological polar surface area (TPSA) is 114 Å². The highest BCUT2D eigenvalue weighted by molar-refractivity contribution is 6.03. The van der Waals surface area contributed by atoms with Crippen LogP contribution in [-0.2, 0) is 17.2 Å². The summed E-state index contributed by atoms with van der Waals surface area (Å²) < 4.78 is 21.7. The number of nitrogens with zero attached hydrogens (tertiary/aromatic N) is 5. The number of ether oxygens (including phenoxy) is 1. The van der Waals surface area contributed by atoms with Crippen LogP contribution in [0.5, 0.6) is 0 Å². The Morgan fingerprint density at radius 3 is 2.52 bits per heavy atom. The van der Waals surface area contributed by atoms with Crippen LogP contribution in [0.4, 0.5) is 15.8 Å². The largest absolute Gasteiger partial charge is 0.374 e. The van der Waals surface area contributed by atoms with E-state index < -0.39 is 11.7 Å². The van der Waals surface area contributed by atoms with Gasteiger partial charge >= 0.3 is 0 Å². The lowest BCUT2D eigenvalue weighted by Gasteiger charge is -2.28. The fraction of sp³-hybridized carbons (Fsp3) is 0.387. The van der Waals surface area contributed by atoms with E-state index in [0.29, 0.717) is 30.2 Å². The summed E-state index contributed by atoms with van der Waals surface area (Å²) in [5.41, 5.74) is 4.31. The van der Waals surface area contributed by atoms with E-state index in [4.69, 9.17) is 4.74 Å². The number of hydrogen-bond acceptors (Lipinski definition) is 8. The van der Waals surface area contributed by atoms with Gasteiger partial charge in [0.2, 0.25) is 0 Å². The number of aromatic nitrogens is 4. The van der Waals surface area contributed by atoms with Crippen LogP contribution in [0.1, 0.15) is 57.2 Å². The molecule has 1 saturated heterocycles. The van der Waals surface area contributed by atoms with Crippen molar-refractivity contribution in [1.29, 1.82) is 0 Å². The molecule has 0 radical (unpaired) electrons. The molecular formula is C31H38FN7O3. The first-order valence-electron chi connectivity index (χ1n) is 13.9. The number of carbonyl (C=O) groups excluding carboxylic acids is 1. The molecule has 0 saturated carbocycles. The third-order valence-electron chi connectivity index (χ3n) is 7.11. The van der Waals surface area contributed by atoms with Gasteiger partial charge in [0.15, 0.2) is 0 Å². The van der Waals surface area contributed by atoms with E-state index in [1.165, 1.54) is 23.0 Å². The van der Waals surface area contributed by atoms with Crippen LogP contribution in [-0.4, -0.2) is 57.4 Å². The van der Waals surface area contributed by atoms with Crippen molar-refractivity contribution in [3.8, 4) is 11.3 Å². The van der Waals surface area contributed by atoms with Gasteiger partial charge in [-0.15, -0.1) is 0 Å². The molecule has 0 unspecified atom stereocenters. The Hall–Kier alpha value is -4.38. The smallest absolute Gasteiger partial charge is 0.290 e. The summed E-state index contributed by atoms with van der Waals surface area (Å²) in [6, 6.07) is 5.89. The van der Waals surface area contributed by atoms with Crippen LogP contribution >= 0.6 is 0 Å². The number of likely N-dealkylation sites (N-methyl/N-ethyl adjacent to an activating group) is 1. The quantitative estimate of drug-likeness (QED) is 0.410. The highest BCUT2D eigenvalue weighted by Crippen LogP contribution is 2.26. The minimum atomic E-state index is -0.622. The second-order valence-corrected chi connectivity index (χ2v) is 11.3. The molecule has 2 aromatic heterocycles. The standard InChI is InChI=1S/C31H38FN7O3/c1-8-19(2)23(14-21-18-42-12-11-38(21)6)35-26-15-24(37-39(7)30(26)41)20-9-10-22(32)25(13-20)36-29(40)27-16-34-28(17-33-27)31(3,4)5/h9-10,13-17,35H,8,11-12,18H2,1-7H3,(H,36,40). The Labute approximate surface area is 245 Å². The lowest BCUT2D eigenvalue weighted by molar-refractivity contribution is 0.0842. The van der Waals surface area contributed by atoms with E-state index in [1.807, 2.05) is 47.7 Å². The Morgan fingerprint density at radius 2 is 1.88 bits per heavy atom. The summed E-state index contributed by atoms with van der Waals surface area (Å²) in [4.78, 5) is 36.6. The number of allylic oxidation sites excluding steroid dienone is 2. The summed E-state index contributed by atoms with van der Waals surface area (Å²) in [6.45, 7) is 12.0. The molecule has 0 bridgehead atoms. The van der Waals surface area contributed by atoms with Crippen LogP contribution in [0.3, 0.4) is 0 Å². The average molecular weight is 576 g/mol. The molecule has 42 heavy (non-hydrogen) atoms. The fourth-order valence-corrected chi connectivity index (χ4v) is 4.19. The van der Waals surface area contributed by atoms with Gasteiger partial charge in [-0.25, -0.2) is 14.1 Å². The number of carbonyl (C=O) groups is 1. The van der Waals surface area contributed by atoms with Crippen molar-refractivity contribution >= 4 is 17.3 Å². The van der Waals surface area contributed by atoms with Gasteiger partial charge in [-0.05, 0) is 43.7 Å². The Bertz CT molecular complexity index is 1590. The second-order valence-electron chi connectivity index (χ2n) is 11.3. The van der Waals surface area contributed by atoms with E-state index in [2.05, 4.69) is 30.6 Å². The van der Waals surface area contributed by atoms with Gasteiger partial charge in [0.25, 0.3) is 11.5 Å². The molecule has 4 rings (SSSR count). The third-order valence-corrected chi connectivity index (χ3v) is 7.11. The van der Waals surface area contributed by atoms with Crippen LogP contribution < -0.4 is 16.2 Å². The lowest BCUT2D eigenvalue weighted by atomic mass is 9.93. The maximum absolute atomic E-state index is 14.8. The number of hydrogen-bond donors (Lipinski definition) is 2. The molecule has 0 atom stereocenters. The molecule has 3 heterocycles. The first kappa shape index (κ1) is 30.6. The molecule has 0 spiro atoms. The summed E-state index contributed by atoms with van der Waals surface area (Å²) in [5.74, 6) is -1.21. The zero-order valence-corrected chi connectivity index (χ0v) is 25.2. The zero-order chi connectivity index (χ0) is 30.6. The van der Waals surface area contributed by atoms with Crippen molar-refractivity contribution < 1.29 is 13.9 Å². The van der Waals surface area contributed by atoms with E-state index >= 15 is 0 Å². The molecule has 11 heteroatoms. The third kappa shape index (κ3) is 7.09. The van der Waals surface area contributed by atoms with Crippen LogP contribution in [0.15, 0.2) is 64.5 Å². The predicted molar refractivity (Wildman–Crippen MR) is 162 cm³/mol. The van der Waals surface area contributed by atoms with Gasteiger partial charge in [-0.3, -0.25) is 14.6 Å². The number of benzene rings is 1. The van der Waals surface area contributed by atoms with E-state index in [1.54, 1.807) is 25.4 Å². The average Bonchev–Trinajstić information content (AvgIpc) is 2.96. The number of anilines is 2. The zero-order valence-electron chi connectivity index (χ0n) is 25.2. The van der Waals surface area contributed by atoms with Gasteiger partial charge in [0.1, 0.15) is 17.2 Å². The maximum atomic E-state index is 14.8. The van der Waals surface area contributed by atoms with E-state index in [0.717, 1.165) is 35.6 Å². The van der Waals surface area contributed by atoms with Gasteiger partial charge < -0.3 is 20.3 Å². The summed E-state index contributed by atoms with van der Waals surface area (Å²) in [6.07, 6.45) is 5.70. The highest BCUT2D eigenvalue weighted by Gasteiger charge is 2.19. The normalized spacial score (nSPS) is 15.4. The van der Waals surface area contributed by atoms with E-state index in [9.17, 15) is 14.0 Å². The van der Waals surface area contributed by atoms with Crippen molar-refractivity contribution in [3.63, 3.8) is 0 Å². The van der Waals surface area contributed by atoms with Crippen LogP contribution in [0, 0.1) is 5.82 Å². The molecule has 222 valence electrons. The molecule has 1 amide bonds. The van der Waals surface area contributed by atoms with Gasteiger partial charge in [-0.2, -0.15) is 5.10 Å². The number of halogens is 1. The Balaban J connectivity index is 1.64. The first-order chi connectivity index (χ1) is 19.9. The van der Waals surface area contributed by atoms with Crippen LogP contribution in [0.2, 0.25) is 0 Å². The number of rotatable bonds is 7. The number of nitrogens with one attached hydrogen (secondary N) is 2. The molecule has 1 aliphatic heterocycles. The molecular weight excluding hydrogens is 537 g/mol. The minimum Gasteiger partial charge on any atom is -0.374 e. The monoisotopic (exact) mass is 575 g/mol. The lowest BCUT2D eigenvalue weighted by Crippen LogP contribution is -2.31.